The summed E-state index contributed by atoms with van der Waals surface area (Å²) in [6, 6.07) is 17.5. The molecule has 2 aromatic rings. The molecular weight excluding hydrogens is 332 g/mol. The van der Waals surface area contributed by atoms with Crippen LogP contribution in [0.25, 0.3) is 0 Å². The van der Waals surface area contributed by atoms with Crippen molar-refractivity contribution in [1.82, 2.24) is 4.90 Å². The molecular formula is C20H22N2O2S. The van der Waals surface area contributed by atoms with Gasteiger partial charge in [-0.05, 0) is 43.0 Å². The van der Waals surface area contributed by atoms with E-state index in [0.717, 1.165) is 22.6 Å². The molecule has 1 fully saturated rings. The normalized spacial score (nSPS) is 15.0. The minimum Gasteiger partial charge on any atom is -0.334 e. The number of likely N-dealkylation sites (tertiary alicyclic amines) is 1. The monoisotopic (exact) mass is 354 g/mol. The van der Waals surface area contributed by atoms with Crippen molar-refractivity contribution in [3.05, 3.63) is 54.6 Å². The van der Waals surface area contributed by atoms with Crippen LogP contribution < -0.4 is 5.32 Å². The maximum Gasteiger partial charge on any atom is 0.313 e. The number of para-hydroxylation sites is 1. The summed E-state index contributed by atoms with van der Waals surface area (Å²) >= 11 is 1.56. The van der Waals surface area contributed by atoms with Crippen molar-refractivity contribution in [1.29, 1.82) is 0 Å². The zero-order chi connectivity index (χ0) is 17.6. The lowest BCUT2D eigenvalue weighted by Crippen LogP contribution is -2.43. The molecule has 130 valence electrons. The average Bonchev–Trinajstić information content (AvgIpc) is 2.64. The highest BCUT2D eigenvalue weighted by atomic mass is 32.2. The Morgan fingerprint density at radius 3 is 2.36 bits per heavy atom. The van der Waals surface area contributed by atoms with Gasteiger partial charge in [-0.15, -0.1) is 0 Å². The van der Waals surface area contributed by atoms with Crippen LogP contribution in [0, 0.1) is 5.92 Å². The molecule has 2 amide bonds. The summed E-state index contributed by atoms with van der Waals surface area (Å²) in [4.78, 5) is 28.4. The van der Waals surface area contributed by atoms with Crippen molar-refractivity contribution in [2.45, 2.75) is 29.6 Å². The van der Waals surface area contributed by atoms with E-state index in [4.69, 9.17) is 0 Å². The third-order valence-electron chi connectivity index (χ3n) is 4.37. The van der Waals surface area contributed by atoms with E-state index in [0.29, 0.717) is 24.7 Å². The number of nitrogens with zero attached hydrogens (tertiary/aromatic N) is 1. The summed E-state index contributed by atoms with van der Waals surface area (Å²) in [7, 11) is 0. The summed E-state index contributed by atoms with van der Waals surface area (Å²) < 4.78 is 0. The Labute approximate surface area is 152 Å². The predicted molar refractivity (Wildman–Crippen MR) is 101 cm³/mol. The second kappa shape index (κ2) is 8.21. The Morgan fingerprint density at radius 2 is 1.64 bits per heavy atom. The summed E-state index contributed by atoms with van der Waals surface area (Å²) in [5, 5.41) is 2.79. The number of carbonyl (C=O) groups excluding carboxylic acids is 2. The van der Waals surface area contributed by atoms with Crippen LogP contribution in [0.15, 0.2) is 64.4 Å². The van der Waals surface area contributed by atoms with Crippen molar-refractivity contribution in [2.75, 3.05) is 18.4 Å². The van der Waals surface area contributed by atoms with E-state index in [1.54, 1.807) is 16.7 Å². The van der Waals surface area contributed by atoms with Crippen molar-refractivity contribution in [2.24, 2.45) is 5.92 Å². The molecule has 1 saturated heterocycles. The summed E-state index contributed by atoms with van der Waals surface area (Å²) in [6.07, 6.45) is 1.92. The number of carbonyl (C=O) groups is 2. The zero-order valence-electron chi connectivity index (χ0n) is 14.3. The highest BCUT2D eigenvalue weighted by Gasteiger charge is 2.26. The van der Waals surface area contributed by atoms with Crippen LogP contribution in [0.5, 0.6) is 0 Å². The number of amides is 2. The molecule has 1 aliphatic heterocycles. The number of rotatable bonds is 3. The lowest BCUT2D eigenvalue weighted by molar-refractivity contribution is -0.144. The Morgan fingerprint density at radius 1 is 1.00 bits per heavy atom. The van der Waals surface area contributed by atoms with E-state index in [1.165, 1.54) is 0 Å². The van der Waals surface area contributed by atoms with Gasteiger partial charge >= 0.3 is 11.8 Å². The molecule has 3 rings (SSSR count). The van der Waals surface area contributed by atoms with Gasteiger partial charge in [-0.2, -0.15) is 0 Å². The van der Waals surface area contributed by atoms with Gasteiger partial charge in [0.2, 0.25) is 0 Å². The standard InChI is InChI=1S/C20H22N2O2S/c1-15-11-13-22(14-12-15)20(24)19(23)21-17-9-5-6-10-18(17)25-16-7-3-2-4-8-16/h2-10,15H,11-14H2,1H3,(H,21,23). The van der Waals surface area contributed by atoms with E-state index in [-0.39, 0.29) is 0 Å². The quantitative estimate of drug-likeness (QED) is 0.847. The summed E-state index contributed by atoms with van der Waals surface area (Å²) in [6.45, 7) is 3.50. The van der Waals surface area contributed by atoms with Gasteiger partial charge in [-0.1, -0.05) is 49.0 Å². The molecule has 4 nitrogen and oxygen atoms in total. The minimum absolute atomic E-state index is 0.439. The van der Waals surface area contributed by atoms with Crippen LogP contribution in [0.4, 0.5) is 5.69 Å². The maximum atomic E-state index is 12.4. The number of hydrogen-bond donors (Lipinski definition) is 1. The molecule has 1 heterocycles. The largest absolute Gasteiger partial charge is 0.334 e. The Hall–Kier alpha value is -2.27. The van der Waals surface area contributed by atoms with Gasteiger partial charge in [-0.25, -0.2) is 0 Å². The number of piperidine rings is 1. The van der Waals surface area contributed by atoms with Gasteiger partial charge in [0.05, 0.1) is 5.69 Å². The van der Waals surface area contributed by atoms with Crippen molar-refractivity contribution >= 4 is 29.3 Å². The molecule has 0 saturated carbocycles. The van der Waals surface area contributed by atoms with Gasteiger partial charge < -0.3 is 10.2 Å². The first-order chi connectivity index (χ1) is 12.1. The molecule has 0 spiro atoms. The second-order valence-electron chi connectivity index (χ2n) is 6.34. The molecule has 0 bridgehead atoms. The molecule has 0 atom stereocenters. The van der Waals surface area contributed by atoms with E-state index < -0.39 is 11.8 Å². The summed E-state index contributed by atoms with van der Waals surface area (Å²) in [5.41, 5.74) is 0.667. The first-order valence-corrected chi connectivity index (χ1v) is 9.37. The first kappa shape index (κ1) is 17.5. The highest BCUT2D eigenvalue weighted by Crippen LogP contribution is 2.33. The molecule has 0 radical (unpaired) electrons. The molecule has 1 N–H and O–H groups in total. The highest BCUT2D eigenvalue weighted by molar-refractivity contribution is 7.99. The molecule has 25 heavy (non-hydrogen) atoms. The van der Waals surface area contributed by atoms with Crippen LogP contribution in [-0.2, 0) is 9.59 Å². The van der Waals surface area contributed by atoms with Crippen molar-refractivity contribution in [3.8, 4) is 0 Å². The Kier molecular flexibility index (Phi) is 5.76. The van der Waals surface area contributed by atoms with Crippen LogP contribution in [0.1, 0.15) is 19.8 Å². The maximum absolute atomic E-state index is 12.4. The van der Waals surface area contributed by atoms with Crippen LogP contribution in [0.2, 0.25) is 0 Å². The average molecular weight is 354 g/mol. The van der Waals surface area contributed by atoms with Gasteiger partial charge in [0.1, 0.15) is 0 Å². The Balaban J connectivity index is 1.68. The molecule has 2 aromatic carbocycles. The van der Waals surface area contributed by atoms with E-state index in [2.05, 4.69) is 12.2 Å². The van der Waals surface area contributed by atoms with E-state index >= 15 is 0 Å². The summed E-state index contributed by atoms with van der Waals surface area (Å²) in [5.74, 6) is -0.378. The smallest absolute Gasteiger partial charge is 0.313 e. The van der Waals surface area contributed by atoms with E-state index in [1.807, 2.05) is 54.6 Å². The topological polar surface area (TPSA) is 49.4 Å². The molecule has 1 aliphatic rings. The van der Waals surface area contributed by atoms with Crippen LogP contribution >= 0.6 is 11.8 Å². The molecule has 0 aromatic heterocycles. The van der Waals surface area contributed by atoms with E-state index in [9.17, 15) is 9.59 Å². The fourth-order valence-electron chi connectivity index (χ4n) is 2.81. The van der Waals surface area contributed by atoms with Gasteiger partial charge in [0.15, 0.2) is 0 Å². The Bertz CT molecular complexity index is 740. The third-order valence-corrected chi connectivity index (χ3v) is 5.46. The SMILES string of the molecule is CC1CCN(C(=O)C(=O)Nc2ccccc2Sc2ccccc2)CC1. The lowest BCUT2D eigenvalue weighted by Gasteiger charge is -2.29. The minimum atomic E-state index is -0.560. The number of anilines is 1. The fraction of sp³-hybridized carbons (Fsp3) is 0.300. The number of benzene rings is 2. The van der Waals surface area contributed by atoms with Crippen LogP contribution in [-0.4, -0.2) is 29.8 Å². The number of hydrogen-bond acceptors (Lipinski definition) is 3. The third kappa shape index (κ3) is 4.63. The van der Waals surface area contributed by atoms with Gasteiger partial charge in [-0.3, -0.25) is 9.59 Å². The van der Waals surface area contributed by atoms with Crippen molar-refractivity contribution in [3.63, 3.8) is 0 Å². The molecule has 0 unspecified atom stereocenters. The molecule has 5 heteroatoms. The van der Waals surface area contributed by atoms with Crippen LogP contribution in [0.3, 0.4) is 0 Å². The van der Waals surface area contributed by atoms with Gasteiger partial charge in [0, 0.05) is 22.9 Å². The second-order valence-corrected chi connectivity index (χ2v) is 7.46. The van der Waals surface area contributed by atoms with Crippen molar-refractivity contribution < 1.29 is 9.59 Å². The number of nitrogens with one attached hydrogen (secondary N) is 1. The lowest BCUT2D eigenvalue weighted by atomic mass is 9.99. The van der Waals surface area contributed by atoms with Gasteiger partial charge in [0.25, 0.3) is 0 Å². The first-order valence-electron chi connectivity index (χ1n) is 8.55. The predicted octanol–water partition coefficient (Wildman–Crippen LogP) is 4.03. The zero-order valence-corrected chi connectivity index (χ0v) is 15.1. The molecule has 0 aliphatic carbocycles. The fourth-order valence-corrected chi connectivity index (χ4v) is 3.73.